The lowest BCUT2D eigenvalue weighted by molar-refractivity contribution is 0.616. The van der Waals surface area contributed by atoms with Gasteiger partial charge < -0.3 is 8.98 Å². The van der Waals surface area contributed by atoms with Gasteiger partial charge in [0.15, 0.2) is 0 Å². The van der Waals surface area contributed by atoms with E-state index in [0.29, 0.717) is 0 Å². The molecule has 0 N–H and O–H groups in total. The molecule has 0 atom stereocenters. The molecule has 3 heterocycles. The zero-order chi connectivity index (χ0) is 28.1. The van der Waals surface area contributed by atoms with Crippen LogP contribution in [0, 0.1) is 0 Å². The van der Waals surface area contributed by atoms with Crippen molar-refractivity contribution >= 4 is 85.8 Å². The third-order valence-corrected chi connectivity index (χ3v) is 10.2. The van der Waals surface area contributed by atoms with Gasteiger partial charge in [-0.05, 0) is 105 Å². The number of rotatable bonds is 2. The van der Waals surface area contributed by atoms with Crippen molar-refractivity contribution in [1.29, 1.82) is 0 Å². The van der Waals surface area contributed by atoms with Crippen molar-refractivity contribution in [1.82, 2.24) is 4.57 Å². The molecule has 0 saturated heterocycles. The van der Waals surface area contributed by atoms with E-state index in [1.54, 1.807) is 6.26 Å². The minimum atomic E-state index is 0.919. The van der Waals surface area contributed by atoms with Gasteiger partial charge in [0.25, 0.3) is 0 Å². The lowest BCUT2D eigenvalue weighted by Gasteiger charge is -2.13. The van der Waals surface area contributed by atoms with Gasteiger partial charge >= 0.3 is 0 Å². The average molecular weight is 566 g/mol. The molecule has 3 heteroatoms. The molecule has 10 rings (SSSR count). The van der Waals surface area contributed by atoms with Crippen molar-refractivity contribution in [2.45, 2.75) is 0 Å². The molecule has 10 aromatic rings. The molecule has 0 aliphatic heterocycles. The van der Waals surface area contributed by atoms with Crippen LogP contribution in [0.3, 0.4) is 0 Å². The SMILES string of the molecule is c1ccc(-n2c3ccccc3c3cc(-c4cc5cc6occc6cc5c5cc6sc7ccccc7c6cc45)ccc32)cc1. The highest BCUT2D eigenvalue weighted by atomic mass is 32.1. The van der Waals surface area contributed by atoms with E-state index in [1.807, 2.05) is 11.3 Å². The maximum absolute atomic E-state index is 5.84. The summed E-state index contributed by atoms with van der Waals surface area (Å²) in [5.74, 6) is 0. The van der Waals surface area contributed by atoms with Gasteiger partial charge in [-0.15, -0.1) is 11.3 Å². The van der Waals surface area contributed by atoms with Gasteiger partial charge in [0.05, 0.1) is 17.3 Å². The van der Waals surface area contributed by atoms with Crippen LogP contribution in [0.4, 0.5) is 0 Å². The molecule has 0 aliphatic rings. The van der Waals surface area contributed by atoms with Gasteiger partial charge in [-0.1, -0.05) is 60.7 Å². The van der Waals surface area contributed by atoms with Crippen LogP contribution < -0.4 is 0 Å². The van der Waals surface area contributed by atoms with E-state index in [-0.39, 0.29) is 0 Å². The number of hydrogen-bond acceptors (Lipinski definition) is 2. The van der Waals surface area contributed by atoms with Gasteiger partial charge in [0.1, 0.15) is 5.58 Å². The van der Waals surface area contributed by atoms with Crippen LogP contribution in [0.5, 0.6) is 0 Å². The summed E-state index contributed by atoms with van der Waals surface area (Å²) in [5, 5.41) is 11.3. The predicted octanol–water partition coefficient (Wildman–Crippen LogP) is 11.9. The monoisotopic (exact) mass is 565 g/mol. The zero-order valence-electron chi connectivity index (χ0n) is 23.0. The number of aromatic nitrogens is 1. The van der Waals surface area contributed by atoms with Crippen molar-refractivity contribution in [2.24, 2.45) is 0 Å². The highest BCUT2D eigenvalue weighted by molar-refractivity contribution is 7.25. The Hall–Kier alpha value is -5.38. The van der Waals surface area contributed by atoms with Crippen molar-refractivity contribution < 1.29 is 4.42 Å². The number of hydrogen-bond donors (Lipinski definition) is 0. The molecule has 43 heavy (non-hydrogen) atoms. The third-order valence-electron chi connectivity index (χ3n) is 9.02. The molecular formula is C40H23NOS. The number of fused-ring (bicyclic) bond motifs is 10. The van der Waals surface area contributed by atoms with Crippen LogP contribution in [0.15, 0.2) is 144 Å². The highest BCUT2D eigenvalue weighted by Crippen LogP contribution is 2.44. The Kier molecular flexibility index (Phi) is 4.63. The summed E-state index contributed by atoms with van der Waals surface area (Å²) in [7, 11) is 0. The fourth-order valence-corrected chi connectivity index (χ4v) is 8.19. The predicted molar refractivity (Wildman–Crippen MR) is 184 cm³/mol. The molecule has 0 fully saturated rings. The number of para-hydroxylation sites is 2. The molecule has 3 aromatic heterocycles. The molecular weight excluding hydrogens is 543 g/mol. The topological polar surface area (TPSA) is 18.1 Å². The molecule has 2 nitrogen and oxygen atoms in total. The smallest absolute Gasteiger partial charge is 0.134 e. The summed E-state index contributed by atoms with van der Waals surface area (Å²) in [6.07, 6.45) is 1.78. The van der Waals surface area contributed by atoms with Crippen LogP contribution in [-0.4, -0.2) is 4.57 Å². The summed E-state index contributed by atoms with van der Waals surface area (Å²) in [5.41, 5.74) is 6.98. The second-order valence-electron chi connectivity index (χ2n) is 11.4. The Balaban J connectivity index is 1.33. The van der Waals surface area contributed by atoms with Gasteiger partial charge in [-0.25, -0.2) is 0 Å². The van der Waals surface area contributed by atoms with Crippen LogP contribution in [0.25, 0.3) is 91.3 Å². The van der Waals surface area contributed by atoms with Gasteiger partial charge in [0.2, 0.25) is 0 Å². The molecule has 7 aromatic carbocycles. The molecule has 0 saturated carbocycles. The fourth-order valence-electron chi connectivity index (χ4n) is 7.06. The summed E-state index contributed by atoms with van der Waals surface area (Å²) in [4.78, 5) is 0. The Labute approximate surface area is 250 Å². The lowest BCUT2D eigenvalue weighted by Crippen LogP contribution is -1.93. The first-order valence-electron chi connectivity index (χ1n) is 14.6. The van der Waals surface area contributed by atoms with Crippen molar-refractivity contribution in [3.05, 3.63) is 140 Å². The van der Waals surface area contributed by atoms with E-state index < -0.39 is 0 Å². The van der Waals surface area contributed by atoms with Crippen molar-refractivity contribution in [3.8, 4) is 16.8 Å². The Morgan fingerprint density at radius 1 is 0.465 bits per heavy atom. The fraction of sp³-hybridized carbons (Fsp3) is 0. The first-order chi connectivity index (χ1) is 21.3. The van der Waals surface area contributed by atoms with Crippen LogP contribution in [0.2, 0.25) is 0 Å². The van der Waals surface area contributed by atoms with Crippen LogP contribution in [-0.2, 0) is 0 Å². The largest absolute Gasteiger partial charge is 0.464 e. The number of nitrogens with zero attached hydrogens (tertiary/aromatic N) is 1. The maximum Gasteiger partial charge on any atom is 0.134 e. The second-order valence-corrected chi connectivity index (χ2v) is 12.5. The average Bonchev–Trinajstić information content (AvgIpc) is 3.76. The molecule has 0 aliphatic carbocycles. The Morgan fingerprint density at radius 2 is 1.28 bits per heavy atom. The number of furan rings is 1. The molecule has 0 amide bonds. The Bertz CT molecular complexity index is 2720. The standard InChI is InChI=1S/C40H23NOS/c1-2-8-27(9-3-1)41-36-12-6-4-10-28(36)34-18-24(14-15-37(34)41)30-20-26-21-38-25(16-17-42-38)19-31(26)33-23-40-35(22-32(30)33)29-11-5-7-13-39(29)43-40/h1-23H. The molecule has 0 spiro atoms. The minimum Gasteiger partial charge on any atom is -0.464 e. The highest BCUT2D eigenvalue weighted by Gasteiger charge is 2.17. The molecule has 200 valence electrons. The molecule has 0 radical (unpaired) electrons. The summed E-state index contributed by atoms with van der Waals surface area (Å²) >= 11 is 1.87. The molecule has 0 bridgehead atoms. The summed E-state index contributed by atoms with van der Waals surface area (Å²) in [6.45, 7) is 0. The number of benzene rings is 7. The maximum atomic E-state index is 5.84. The zero-order valence-corrected chi connectivity index (χ0v) is 23.9. The quantitative estimate of drug-likeness (QED) is 0.191. The van der Waals surface area contributed by atoms with Gasteiger partial charge in [-0.2, -0.15) is 0 Å². The first kappa shape index (κ1) is 23.2. The normalized spacial score (nSPS) is 12.2. The van der Waals surface area contributed by atoms with Crippen molar-refractivity contribution in [3.63, 3.8) is 0 Å². The van der Waals surface area contributed by atoms with Crippen LogP contribution in [0.1, 0.15) is 0 Å². The van der Waals surface area contributed by atoms with E-state index in [1.165, 1.54) is 80.3 Å². The van der Waals surface area contributed by atoms with E-state index in [4.69, 9.17) is 4.42 Å². The third kappa shape index (κ3) is 3.28. The van der Waals surface area contributed by atoms with Gasteiger partial charge in [0, 0.05) is 42.0 Å². The lowest BCUT2D eigenvalue weighted by atomic mass is 9.91. The van der Waals surface area contributed by atoms with Crippen LogP contribution >= 0.6 is 11.3 Å². The number of thiophene rings is 1. The van der Waals surface area contributed by atoms with E-state index >= 15 is 0 Å². The van der Waals surface area contributed by atoms with E-state index in [9.17, 15) is 0 Å². The Morgan fingerprint density at radius 3 is 2.21 bits per heavy atom. The molecule has 0 unspecified atom stereocenters. The first-order valence-corrected chi connectivity index (χ1v) is 15.4. The second kappa shape index (κ2) is 8.57. The summed E-state index contributed by atoms with van der Waals surface area (Å²) < 4.78 is 10.9. The van der Waals surface area contributed by atoms with E-state index in [0.717, 1.165) is 11.0 Å². The van der Waals surface area contributed by atoms with E-state index in [2.05, 4.69) is 138 Å². The minimum absolute atomic E-state index is 0.919. The van der Waals surface area contributed by atoms with Crippen molar-refractivity contribution in [2.75, 3.05) is 0 Å². The van der Waals surface area contributed by atoms with Gasteiger partial charge in [-0.3, -0.25) is 0 Å². The summed E-state index contributed by atoms with van der Waals surface area (Å²) in [6, 6.07) is 48.9.